The van der Waals surface area contributed by atoms with Gasteiger partial charge in [0.2, 0.25) is 0 Å². The van der Waals surface area contributed by atoms with Gasteiger partial charge in [0.05, 0.1) is 0 Å². The van der Waals surface area contributed by atoms with Gasteiger partial charge in [0, 0.05) is 12.6 Å². The summed E-state index contributed by atoms with van der Waals surface area (Å²) in [6.07, 6.45) is 5.78. The molecule has 0 bridgehead atoms. The predicted molar refractivity (Wildman–Crippen MR) is 55.0 cm³/mol. The molecule has 0 saturated heterocycles. The second-order valence-corrected chi connectivity index (χ2v) is 4.15. The molecule has 15 heavy (non-hydrogen) atoms. The van der Waals surface area contributed by atoms with Crippen LogP contribution in [0.1, 0.15) is 35.4 Å². The lowest BCUT2D eigenvalue weighted by Crippen LogP contribution is -2.16. The van der Waals surface area contributed by atoms with Gasteiger partial charge in [-0.3, -0.25) is 0 Å². The highest BCUT2D eigenvalue weighted by molar-refractivity contribution is 6.32. The van der Waals surface area contributed by atoms with Crippen LogP contribution >= 0.6 is 11.6 Å². The Morgan fingerprint density at radius 2 is 2.33 bits per heavy atom. The van der Waals surface area contributed by atoms with Gasteiger partial charge < -0.3 is 5.11 Å². The summed E-state index contributed by atoms with van der Waals surface area (Å²) < 4.78 is 0. The quantitative estimate of drug-likeness (QED) is 0.803. The molecule has 0 aromatic carbocycles. The van der Waals surface area contributed by atoms with E-state index in [0.717, 1.165) is 6.42 Å². The second-order valence-electron chi connectivity index (χ2n) is 3.80. The van der Waals surface area contributed by atoms with Crippen LogP contribution < -0.4 is 0 Å². The molecule has 2 rings (SSSR count). The van der Waals surface area contributed by atoms with E-state index in [1.54, 1.807) is 0 Å². The number of hydrogen-bond donors (Lipinski definition) is 1. The van der Waals surface area contributed by atoms with Crippen LogP contribution in [0.4, 0.5) is 0 Å². The van der Waals surface area contributed by atoms with Crippen molar-refractivity contribution in [3.8, 4) is 0 Å². The van der Waals surface area contributed by atoms with Crippen LogP contribution in [-0.4, -0.2) is 21.0 Å². The summed E-state index contributed by atoms with van der Waals surface area (Å²) in [5.74, 6) is 0.210. The first-order valence-electron chi connectivity index (χ1n) is 4.91. The highest BCUT2D eigenvalue weighted by atomic mass is 35.5. The topological polar surface area (TPSA) is 63.1 Å². The van der Waals surface area contributed by atoms with Crippen molar-refractivity contribution in [3.63, 3.8) is 0 Å². The van der Waals surface area contributed by atoms with Gasteiger partial charge in [-0.05, 0) is 5.92 Å². The zero-order valence-electron chi connectivity index (χ0n) is 8.11. The van der Waals surface area contributed by atoms with Crippen LogP contribution in [0.3, 0.4) is 0 Å². The first-order valence-corrected chi connectivity index (χ1v) is 5.29. The molecule has 0 radical (unpaired) electrons. The minimum Gasteiger partial charge on any atom is -0.478 e. The van der Waals surface area contributed by atoms with Gasteiger partial charge in [0.25, 0.3) is 0 Å². The standard InChI is InChI=1S/C10H11ClN2O2/c11-9-7(10(14)15)5-12-8(13-9)4-6-2-1-3-6/h5-6H,1-4H2,(H,14,15). The Morgan fingerprint density at radius 1 is 1.60 bits per heavy atom. The molecule has 5 heteroatoms. The van der Waals surface area contributed by atoms with E-state index in [1.165, 1.54) is 25.5 Å². The maximum Gasteiger partial charge on any atom is 0.340 e. The van der Waals surface area contributed by atoms with Gasteiger partial charge >= 0.3 is 5.97 Å². The summed E-state index contributed by atoms with van der Waals surface area (Å²) in [5, 5.41) is 8.77. The number of aromatic carboxylic acids is 1. The summed E-state index contributed by atoms with van der Waals surface area (Å²) in [5.41, 5.74) is -0.0333. The third-order valence-electron chi connectivity index (χ3n) is 2.72. The van der Waals surface area contributed by atoms with E-state index in [9.17, 15) is 4.79 Å². The minimum atomic E-state index is -1.09. The molecule has 80 valence electrons. The molecule has 1 aliphatic carbocycles. The first kappa shape index (κ1) is 10.4. The molecule has 1 aromatic rings. The summed E-state index contributed by atoms with van der Waals surface area (Å²) in [6, 6.07) is 0. The lowest BCUT2D eigenvalue weighted by molar-refractivity contribution is 0.0696. The number of hydrogen-bond acceptors (Lipinski definition) is 3. The third kappa shape index (κ3) is 2.26. The van der Waals surface area contributed by atoms with Crippen molar-refractivity contribution in [1.29, 1.82) is 0 Å². The molecular weight excluding hydrogens is 216 g/mol. The largest absolute Gasteiger partial charge is 0.478 e. The van der Waals surface area contributed by atoms with Gasteiger partial charge in [-0.2, -0.15) is 0 Å². The fourth-order valence-electron chi connectivity index (χ4n) is 1.59. The van der Waals surface area contributed by atoms with E-state index in [4.69, 9.17) is 16.7 Å². The molecule has 0 atom stereocenters. The smallest absolute Gasteiger partial charge is 0.340 e. The Kier molecular flexibility index (Phi) is 2.86. The number of rotatable bonds is 3. The van der Waals surface area contributed by atoms with Crippen molar-refractivity contribution in [3.05, 3.63) is 22.7 Å². The lowest BCUT2D eigenvalue weighted by atomic mass is 9.83. The van der Waals surface area contributed by atoms with Crippen LogP contribution in [0.25, 0.3) is 0 Å². The highest BCUT2D eigenvalue weighted by Gasteiger charge is 2.20. The molecule has 1 aliphatic rings. The average Bonchev–Trinajstić information content (AvgIpc) is 2.11. The van der Waals surface area contributed by atoms with E-state index < -0.39 is 5.97 Å². The average molecular weight is 227 g/mol. The normalized spacial score (nSPS) is 16.1. The highest BCUT2D eigenvalue weighted by Crippen LogP contribution is 2.29. The van der Waals surface area contributed by atoms with Crippen molar-refractivity contribution in [2.45, 2.75) is 25.7 Å². The van der Waals surface area contributed by atoms with Crippen molar-refractivity contribution < 1.29 is 9.90 Å². The Balaban J connectivity index is 2.13. The fraction of sp³-hybridized carbons (Fsp3) is 0.500. The molecule has 1 heterocycles. The van der Waals surface area contributed by atoms with Gasteiger partial charge in [-0.25, -0.2) is 14.8 Å². The van der Waals surface area contributed by atoms with Crippen molar-refractivity contribution in [2.24, 2.45) is 5.92 Å². The van der Waals surface area contributed by atoms with Gasteiger partial charge in [-0.1, -0.05) is 30.9 Å². The molecule has 1 N–H and O–H groups in total. The Morgan fingerprint density at radius 3 is 2.80 bits per heavy atom. The number of halogens is 1. The summed E-state index contributed by atoms with van der Waals surface area (Å²) >= 11 is 5.74. The van der Waals surface area contributed by atoms with Crippen LogP contribution in [0.15, 0.2) is 6.20 Å². The third-order valence-corrected chi connectivity index (χ3v) is 3.01. The summed E-state index contributed by atoms with van der Waals surface area (Å²) in [4.78, 5) is 18.7. The minimum absolute atomic E-state index is 0.0333. The van der Waals surface area contributed by atoms with Crippen molar-refractivity contribution >= 4 is 17.6 Å². The van der Waals surface area contributed by atoms with Crippen LogP contribution in [0.2, 0.25) is 5.15 Å². The van der Waals surface area contributed by atoms with Crippen LogP contribution in [0.5, 0.6) is 0 Å². The van der Waals surface area contributed by atoms with Gasteiger partial charge in [0.15, 0.2) is 0 Å². The zero-order chi connectivity index (χ0) is 10.8. The maximum absolute atomic E-state index is 10.7. The number of nitrogens with zero attached hydrogens (tertiary/aromatic N) is 2. The van der Waals surface area contributed by atoms with Gasteiger partial charge in [0.1, 0.15) is 16.5 Å². The second kappa shape index (κ2) is 4.14. The number of carboxylic acids is 1. The predicted octanol–water partition coefficient (Wildman–Crippen LogP) is 2.17. The van der Waals surface area contributed by atoms with Crippen molar-refractivity contribution in [1.82, 2.24) is 9.97 Å². The molecule has 0 amide bonds. The molecule has 1 fully saturated rings. The van der Waals surface area contributed by atoms with E-state index in [0.29, 0.717) is 11.7 Å². The summed E-state index contributed by atoms with van der Waals surface area (Å²) in [7, 11) is 0. The molecule has 0 aliphatic heterocycles. The SMILES string of the molecule is O=C(O)c1cnc(CC2CCC2)nc1Cl. The van der Waals surface area contributed by atoms with E-state index >= 15 is 0 Å². The first-order chi connectivity index (χ1) is 7.16. The number of aromatic nitrogens is 2. The Labute approximate surface area is 92.3 Å². The number of carbonyl (C=O) groups is 1. The van der Waals surface area contributed by atoms with Crippen LogP contribution in [-0.2, 0) is 6.42 Å². The zero-order valence-corrected chi connectivity index (χ0v) is 8.87. The molecule has 1 saturated carbocycles. The Bertz CT molecular complexity index is 391. The number of carboxylic acid groups (broad SMARTS) is 1. The fourth-order valence-corrected chi connectivity index (χ4v) is 1.82. The van der Waals surface area contributed by atoms with Crippen molar-refractivity contribution in [2.75, 3.05) is 0 Å². The molecular formula is C10H11ClN2O2. The lowest BCUT2D eigenvalue weighted by Gasteiger charge is -2.24. The maximum atomic E-state index is 10.7. The molecule has 1 aromatic heterocycles. The molecule has 0 spiro atoms. The monoisotopic (exact) mass is 226 g/mol. The van der Waals surface area contributed by atoms with Gasteiger partial charge in [-0.15, -0.1) is 0 Å². The Hall–Kier alpha value is -1.16. The van der Waals surface area contributed by atoms with E-state index in [2.05, 4.69) is 9.97 Å². The van der Waals surface area contributed by atoms with E-state index in [1.807, 2.05) is 0 Å². The van der Waals surface area contributed by atoms with Crippen LogP contribution in [0, 0.1) is 5.92 Å². The van der Waals surface area contributed by atoms with E-state index in [-0.39, 0.29) is 10.7 Å². The summed E-state index contributed by atoms with van der Waals surface area (Å²) in [6.45, 7) is 0. The molecule has 0 unspecified atom stereocenters. The molecule has 4 nitrogen and oxygen atoms in total.